The Labute approximate surface area is 530 Å². The molecule has 92 heavy (non-hydrogen) atoms. The van der Waals surface area contributed by atoms with Gasteiger partial charge in [-0.1, -0.05) is 13.8 Å². The summed E-state index contributed by atoms with van der Waals surface area (Å²) in [4.78, 5) is 39.4. The minimum atomic E-state index is -2.12. The van der Waals surface area contributed by atoms with Crippen LogP contribution in [0, 0.1) is 12.8 Å². The molecule has 10 aliphatic heterocycles. The van der Waals surface area contributed by atoms with Crippen molar-refractivity contribution in [1.82, 2.24) is 0 Å². The van der Waals surface area contributed by atoms with E-state index in [1.807, 2.05) is 0 Å². The number of ether oxygens (including phenoxy) is 22. The number of ketones is 1. The van der Waals surface area contributed by atoms with Gasteiger partial charge in [0.05, 0.1) is 68.3 Å². The molecule has 1 unspecified atom stereocenters. The van der Waals surface area contributed by atoms with Crippen molar-refractivity contribution < 1.29 is 154 Å². The molecule has 520 valence electrons. The second-order valence-electron chi connectivity index (χ2n) is 25.9. The number of phenols is 2. The van der Waals surface area contributed by atoms with E-state index in [2.05, 4.69) is 0 Å². The summed E-state index contributed by atoms with van der Waals surface area (Å²) in [5, 5.41) is 79.1. The van der Waals surface area contributed by atoms with Crippen molar-refractivity contribution in [3.63, 3.8) is 0 Å². The lowest BCUT2D eigenvalue weighted by Crippen LogP contribution is -2.72. The van der Waals surface area contributed by atoms with Crippen LogP contribution in [0.4, 0.5) is 0 Å². The van der Waals surface area contributed by atoms with Gasteiger partial charge in [-0.3, -0.25) is 9.59 Å². The molecule has 10 heterocycles. The number of benzene rings is 1. The van der Waals surface area contributed by atoms with Gasteiger partial charge in [0.25, 0.3) is 5.97 Å². The first-order valence-corrected chi connectivity index (χ1v) is 31.1. The van der Waals surface area contributed by atoms with Gasteiger partial charge in [-0.15, -0.1) is 0 Å². The third-order valence-electron chi connectivity index (χ3n) is 18.9. The van der Waals surface area contributed by atoms with Crippen molar-refractivity contribution in [3.8, 4) is 11.5 Å². The van der Waals surface area contributed by atoms with E-state index in [0.717, 1.165) is 6.07 Å². The SMILES string of the molecule is COC[C@H]1O[C@@H](O[C@H]2OC[C@@H]3O[C@]4(O[C@H]3[C@H]2OC(=O)C(C)C)O[C@H](C)[C@@](O)(C(C)=O)[C@@H]2OCO[C@H]24)[C@@H](OC)[C@@H](O)[C@@H]1O[C@@H]1O[C@H](C)[C@H](OC)[C@H](O[C@H]2C[C@@]3(C)OC4(C[C@@H](O)[C@H](O[C@H]5C[C@@H](O)[C@H](OC(=O)c6c(C)cc(O)cc6O)[C@@H](C)O5)[C@@H](C)O4)O[C@@H]3[C@@H](C)O2)[C@H]1O. The summed E-state index contributed by atoms with van der Waals surface area (Å²) in [6.07, 6.45) is -32.5. The zero-order valence-electron chi connectivity index (χ0n) is 53.4. The van der Waals surface area contributed by atoms with Crippen LogP contribution in [0.3, 0.4) is 0 Å². The molecule has 0 amide bonds. The van der Waals surface area contributed by atoms with Crippen LogP contribution in [0.2, 0.25) is 0 Å². The highest BCUT2D eigenvalue weighted by Gasteiger charge is 2.73. The number of aromatic hydroxyl groups is 2. The predicted molar refractivity (Wildman–Crippen MR) is 298 cm³/mol. The Morgan fingerprint density at radius 3 is 2.01 bits per heavy atom. The zero-order valence-corrected chi connectivity index (χ0v) is 53.4. The maximum Gasteiger partial charge on any atom is 0.342 e. The normalized spacial score (nSPS) is 48.5. The Morgan fingerprint density at radius 2 is 1.35 bits per heavy atom. The maximum absolute atomic E-state index is 13.4. The number of hydrogen-bond acceptors (Lipinski definition) is 32. The molecular formula is C60H88O32. The Bertz CT molecular complexity index is 2730. The monoisotopic (exact) mass is 1320 g/mol. The van der Waals surface area contributed by atoms with Crippen LogP contribution in [-0.4, -0.2) is 284 Å². The van der Waals surface area contributed by atoms with Crippen molar-refractivity contribution in [3.05, 3.63) is 23.3 Å². The van der Waals surface area contributed by atoms with Crippen LogP contribution in [-0.2, 0) is 114 Å². The van der Waals surface area contributed by atoms with Crippen LogP contribution >= 0.6 is 0 Å². The first-order valence-electron chi connectivity index (χ1n) is 31.1. The summed E-state index contributed by atoms with van der Waals surface area (Å²) < 4.78 is 136. The molecule has 10 fully saturated rings. The van der Waals surface area contributed by atoms with Crippen LogP contribution in [0.15, 0.2) is 12.1 Å². The first kappa shape index (κ1) is 69.8. The molecule has 0 radical (unpaired) electrons. The van der Waals surface area contributed by atoms with E-state index in [1.165, 1.54) is 48.2 Å². The number of aliphatic hydroxyl groups is 5. The highest BCUT2D eigenvalue weighted by atomic mass is 16.9. The molecule has 10 aliphatic rings. The van der Waals surface area contributed by atoms with Crippen molar-refractivity contribution >= 4 is 17.7 Å². The van der Waals surface area contributed by atoms with Gasteiger partial charge >= 0.3 is 17.9 Å². The Morgan fingerprint density at radius 1 is 0.652 bits per heavy atom. The summed E-state index contributed by atoms with van der Waals surface area (Å²) >= 11 is 0. The molecule has 11 rings (SSSR count). The summed E-state index contributed by atoms with van der Waals surface area (Å²) in [6, 6.07) is 2.29. The number of aliphatic hydroxyl groups excluding tert-OH is 4. The van der Waals surface area contributed by atoms with E-state index in [9.17, 15) is 50.1 Å². The smallest absolute Gasteiger partial charge is 0.342 e. The fraction of sp³-hybridized carbons (Fsp3) is 0.850. The zero-order chi connectivity index (χ0) is 66.4. The molecule has 2 spiro atoms. The lowest BCUT2D eigenvalue weighted by Gasteiger charge is -2.49. The standard InChI is InChI=1S/C60H88O32/c1-22(2)52(68)84-48-45-35(89-60(90-45)51-50(75-21-76-51)59(70,28(8)61)29(9)88-60)20-74-55(48)86-56-47(73-13)39(66)44(34(80-56)19-71-11)85-54-40(67)46(43(72-12)25(5)79-54)82-37-18-57(10)49(27(7)78-37)91-58(92-57)17-33(65)42(26(6)87-58)81-36-16-32(64)41(24(4)77-36)83-53(69)38-23(3)14-30(62)15-31(38)63/h14-15,22,24-27,29,32-37,39-51,54-56,62-67,70H,16-21H2,1-13H3/t24-,25-,26-,27-,29-,32-,33-,34-,35+,36+,37+,39+,40-,41-,42-,43+,44-,45-,46-,47+,48-,49-,50-,51-,54+,55-,56+,57-,58?,59+,60-/m1/s1. The van der Waals surface area contributed by atoms with Gasteiger partial charge in [0.1, 0.15) is 103 Å². The van der Waals surface area contributed by atoms with E-state index < -0.39 is 218 Å². The number of rotatable bonds is 17. The molecule has 32 nitrogen and oxygen atoms in total. The van der Waals surface area contributed by atoms with E-state index in [1.54, 1.807) is 48.5 Å². The number of phenolic OH excluding ortho intramolecular Hbond substituents is 2. The van der Waals surface area contributed by atoms with Crippen molar-refractivity contribution in [1.29, 1.82) is 0 Å². The molecule has 0 bridgehead atoms. The van der Waals surface area contributed by atoms with Crippen LogP contribution < -0.4 is 0 Å². The molecule has 10 saturated heterocycles. The van der Waals surface area contributed by atoms with Gasteiger partial charge in [-0.2, -0.15) is 0 Å². The van der Waals surface area contributed by atoms with E-state index in [0.29, 0.717) is 0 Å². The molecule has 1 aromatic carbocycles. The Hall–Kier alpha value is -3.57. The fourth-order valence-electron chi connectivity index (χ4n) is 14.4. The molecule has 31 atom stereocenters. The third-order valence-corrected chi connectivity index (χ3v) is 18.9. The van der Waals surface area contributed by atoms with Crippen LogP contribution in [0.25, 0.3) is 0 Å². The van der Waals surface area contributed by atoms with Crippen LogP contribution in [0.1, 0.15) is 97.5 Å². The molecule has 0 aliphatic carbocycles. The van der Waals surface area contributed by atoms with Gasteiger partial charge in [0, 0.05) is 40.2 Å². The molecular weight excluding hydrogens is 1230 g/mol. The highest BCUT2D eigenvalue weighted by molar-refractivity contribution is 5.94. The molecule has 1 aromatic rings. The van der Waals surface area contributed by atoms with Gasteiger partial charge in [0.15, 0.2) is 54.9 Å². The number of carbonyl (C=O) groups excluding carboxylic acids is 3. The van der Waals surface area contributed by atoms with Crippen LogP contribution in [0.5, 0.6) is 11.5 Å². The number of methoxy groups -OCH3 is 3. The summed E-state index contributed by atoms with van der Waals surface area (Å²) in [5.41, 5.74) is -3.23. The number of aryl methyl sites for hydroxylation is 1. The number of hydrogen-bond donors (Lipinski definition) is 7. The van der Waals surface area contributed by atoms with Gasteiger partial charge in [0.2, 0.25) is 6.29 Å². The van der Waals surface area contributed by atoms with Gasteiger partial charge < -0.3 is 140 Å². The molecule has 0 saturated carbocycles. The van der Waals surface area contributed by atoms with Crippen molar-refractivity contribution in [2.45, 2.75) is 277 Å². The number of fused-ring (bicyclic) bond motifs is 4. The van der Waals surface area contributed by atoms with Gasteiger partial charge in [-0.25, -0.2) is 4.79 Å². The Kier molecular flexibility index (Phi) is 20.5. The number of esters is 2. The minimum absolute atomic E-state index is 0.00969. The first-order chi connectivity index (χ1) is 43.5. The lowest BCUT2D eigenvalue weighted by atomic mass is 9.81. The van der Waals surface area contributed by atoms with Crippen molar-refractivity contribution in [2.24, 2.45) is 5.92 Å². The average Bonchev–Trinajstić information content (AvgIpc) is 1.52. The summed E-state index contributed by atoms with van der Waals surface area (Å²) in [7, 11) is 4.10. The number of carbonyl (C=O) groups is 3. The largest absolute Gasteiger partial charge is 0.508 e. The average molecular weight is 1320 g/mol. The lowest BCUT2D eigenvalue weighted by molar-refractivity contribution is -0.428. The van der Waals surface area contributed by atoms with E-state index in [4.69, 9.17) is 104 Å². The quantitative estimate of drug-likeness (QED) is 0.0962. The van der Waals surface area contributed by atoms with E-state index in [-0.39, 0.29) is 56.1 Å². The van der Waals surface area contributed by atoms with E-state index >= 15 is 0 Å². The van der Waals surface area contributed by atoms with Gasteiger partial charge in [-0.05, 0) is 67.0 Å². The molecule has 0 aromatic heterocycles. The second kappa shape index (κ2) is 27.0. The Balaban J connectivity index is 0.725. The maximum atomic E-state index is 13.4. The summed E-state index contributed by atoms with van der Waals surface area (Å²) in [6.45, 7) is 15.1. The predicted octanol–water partition coefficient (Wildman–Crippen LogP) is -0.558. The number of Topliss-reactive ketones (excluding diaryl/α,β-unsaturated/α-hetero) is 1. The minimum Gasteiger partial charge on any atom is -0.508 e. The second-order valence-corrected chi connectivity index (χ2v) is 25.9. The molecule has 32 heteroatoms. The molecule has 7 N–H and O–H groups in total. The highest BCUT2D eigenvalue weighted by Crippen LogP contribution is 2.53. The topological polar surface area (TPSA) is 396 Å². The van der Waals surface area contributed by atoms with Crippen molar-refractivity contribution in [2.75, 3.05) is 41.3 Å². The fourth-order valence-corrected chi connectivity index (χ4v) is 14.4. The summed E-state index contributed by atoms with van der Waals surface area (Å²) in [5.74, 6) is -7.47. The third kappa shape index (κ3) is 12.9.